The van der Waals surface area contributed by atoms with Gasteiger partial charge in [-0.15, -0.1) is 0 Å². The van der Waals surface area contributed by atoms with E-state index in [1.807, 2.05) is 7.11 Å². The molecule has 21 heavy (non-hydrogen) atoms. The molecule has 2 aliphatic rings. The Hall–Kier alpha value is -0.422. The second-order valence-electron chi connectivity index (χ2n) is 6.66. The van der Waals surface area contributed by atoms with Crippen LogP contribution in [0.15, 0.2) is 24.3 Å². The van der Waals surface area contributed by atoms with Crippen LogP contribution in [0.1, 0.15) is 64.2 Å². The van der Waals surface area contributed by atoms with E-state index in [0.29, 0.717) is 0 Å². The normalized spacial score (nSPS) is 21.6. The van der Waals surface area contributed by atoms with Crippen LogP contribution in [0.25, 0.3) is 0 Å². The van der Waals surface area contributed by atoms with Crippen molar-refractivity contribution in [3.05, 3.63) is 24.3 Å². The van der Waals surface area contributed by atoms with Crippen molar-refractivity contribution in [1.82, 2.24) is 0 Å². The summed E-state index contributed by atoms with van der Waals surface area (Å²) < 4.78 is 9.46. The van der Waals surface area contributed by atoms with E-state index in [9.17, 15) is 0 Å². The fourth-order valence-corrected chi connectivity index (χ4v) is 12.4. The first-order valence-corrected chi connectivity index (χ1v) is 11.9. The van der Waals surface area contributed by atoms with Gasteiger partial charge in [-0.05, 0) is 0 Å². The molecule has 1 nitrogen and oxygen atoms in total. The SMILES string of the molecule is COc1ccccc1[As](C1CCCCC1)C1CCCCC1. The Morgan fingerprint density at radius 1 is 0.810 bits per heavy atom. The third-order valence-electron chi connectivity index (χ3n) is 5.30. The first-order valence-electron chi connectivity index (χ1n) is 8.81. The van der Waals surface area contributed by atoms with Crippen LogP contribution < -0.4 is 9.09 Å². The van der Waals surface area contributed by atoms with Crippen molar-refractivity contribution in [1.29, 1.82) is 0 Å². The van der Waals surface area contributed by atoms with E-state index >= 15 is 0 Å². The molecule has 0 heterocycles. The van der Waals surface area contributed by atoms with Crippen LogP contribution >= 0.6 is 0 Å². The van der Waals surface area contributed by atoms with Gasteiger partial charge in [0.15, 0.2) is 0 Å². The molecule has 0 N–H and O–H groups in total. The molecule has 2 heteroatoms. The summed E-state index contributed by atoms with van der Waals surface area (Å²) in [6.07, 6.45) is 14.8. The molecular weight excluding hydrogens is 319 g/mol. The second kappa shape index (κ2) is 7.72. The summed E-state index contributed by atoms with van der Waals surface area (Å²) in [4.78, 5) is 0. The minimum absolute atomic E-state index is 1.02. The van der Waals surface area contributed by atoms with E-state index in [4.69, 9.17) is 4.74 Å². The van der Waals surface area contributed by atoms with Gasteiger partial charge >= 0.3 is 134 Å². The van der Waals surface area contributed by atoms with E-state index in [1.54, 1.807) is 4.35 Å². The number of para-hydroxylation sites is 1. The molecule has 116 valence electrons. The van der Waals surface area contributed by atoms with Gasteiger partial charge in [-0.25, -0.2) is 0 Å². The van der Waals surface area contributed by atoms with Crippen LogP contribution in [-0.2, 0) is 0 Å². The number of ether oxygens (including phenoxy) is 1. The third kappa shape index (κ3) is 3.67. The zero-order valence-corrected chi connectivity index (χ0v) is 15.3. The standard InChI is InChI=1S/C19H29AsO/c1-21-19-15-9-8-14-18(19)20(16-10-4-2-5-11-16)17-12-6-3-7-13-17/h8-9,14-17H,2-7,10-13H2,1H3. The van der Waals surface area contributed by atoms with Gasteiger partial charge in [0.1, 0.15) is 0 Å². The first kappa shape index (κ1) is 15.5. The maximum absolute atomic E-state index is 5.74. The van der Waals surface area contributed by atoms with Crippen molar-refractivity contribution in [2.24, 2.45) is 0 Å². The third-order valence-corrected chi connectivity index (χ3v) is 12.7. The summed E-state index contributed by atoms with van der Waals surface area (Å²) in [5.74, 6) is 1.19. The molecule has 1 aromatic carbocycles. The van der Waals surface area contributed by atoms with Gasteiger partial charge in [0.25, 0.3) is 0 Å². The van der Waals surface area contributed by atoms with Crippen molar-refractivity contribution in [2.75, 3.05) is 7.11 Å². The second-order valence-corrected chi connectivity index (χ2v) is 12.4. The molecule has 0 atom stereocenters. The molecule has 3 rings (SSSR count). The van der Waals surface area contributed by atoms with E-state index in [-0.39, 0.29) is 0 Å². The van der Waals surface area contributed by atoms with Crippen molar-refractivity contribution in [3.8, 4) is 5.75 Å². The zero-order chi connectivity index (χ0) is 14.5. The molecule has 2 fully saturated rings. The van der Waals surface area contributed by atoms with Gasteiger partial charge in [0, 0.05) is 0 Å². The molecule has 0 unspecified atom stereocenters. The Morgan fingerprint density at radius 2 is 1.33 bits per heavy atom. The molecule has 0 aliphatic heterocycles. The number of methoxy groups -OCH3 is 1. The van der Waals surface area contributed by atoms with Crippen molar-refractivity contribution >= 4 is 19.0 Å². The van der Waals surface area contributed by atoms with Crippen LogP contribution in [0.5, 0.6) is 5.75 Å². The van der Waals surface area contributed by atoms with Gasteiger partial charge in [-0.3, -0.25) is 0 Å². The molecule has 0 bridgehead atoms. The van der Waals surface area contributed by atoms with E-state index in [1.165, 1.54) is 70.0 Å². The predicted octanol–water partition coefficient (Wildman–Crippen LogP) is 5.07. The summed E-state index contributed by atoms with van der Waals surface area (Å²) >= 11 is -1.02. The van der Waals surface area contributed by atoms with E-state index in [2.05, 4.69) is 24.3 Å². The molecular formula is C19H29AsO. The summed E-state index contributed by atoms with van der Waals surface area (Å²) in [5, 5.41) is 0. The number of benzene rings is 1. The minimum atomic E-state index is -1.02. The Bertz CT molecular complexity index is 415. The number of hydrogen-bond acceptors (Lipinski definition) is 1. The Labute approximate surface area is 134 Å². The quantitative estimate of drug-likeness (QED) is 0.691. The zero-order valence-electron chi connectivity index (χ0n) is 13.4. The topological polar surface area (TPSA) is 9.23 Å². The van der Waals surface area contributed by atoms with Crippen LogP contribution in [0.2, 0.25) is 9.41 Å². The molecule has 2 saturated carbocycles. The summed E-state index contributed by atoms with van der Waals surface area (Å²) in [7, 11) is 1.85. The maximum atomic E-state index is 5.74. The summed E-state index contributed by atoms with van der Waals surface area (Å²) in [5.41, 5.74) is 0. The van der Waals surface area contributed by atoms with Crippen molar-refractivity contribution < 1.29 is 4.74 Å². The van der Waals surface area contributed by atoms with Gasteiger partial charge in [-0.1, -0.05) is 0 Å². The van der Waals surface area contributed by atoms with Crippen LogP contribution in [-0.4, -0.2) is 21.8 Å². The molecule has 0 saturated heterocycles. The summed E-state index contributed by atoms with van der Waals surface area (Å²) in [6, 6.07) is 8.98. The van der Waals surface area contributed by atoms with Crippen LogP contribution in [0, 0.1) is 0 Å². The molecule has 1 aromatic rings. The predicted molar refractivity (Wildman–Crippen MR) is 92.1 cm³/mol. The molecule has 0 radical (unpaired) electrons. The van der Waals surface area contributed by atoms with Crippen molar-refractivity contribution in [2.45, 2.75) is 73.6 Å². The van der Waals surface area contributed by atoms with E-state index < -0.39 is 14.7 Å². The Morgan fingerprint density at radius 3 is 1.86 bits per heavy atom. The van der Waals surface area contributed by atoms with Gasteiger partial charge < -0.3 is 0 Å². The number of rotatable bonds is 4. The van der Waals surface area contributed by atoms with Crippen molar-refractivity contribution in [3.63, 3.8) is 0 Å². The molecule has 0 spiro atoms. The fraction of sp³-hybridized carbons (Fsp3) is 0.684. The van der Waals surface area contributed by atoms with Gasteiger partial charge in [-0.2, -0.15) is 0 Å². The molecule has 0 aromatic heterocycles. The van der Waals surface area contributed by atoms with E-state index in [0.717, 1.165) is 9.41 Å². The van der Waals surface area contributed by atoms with Crippen LogP contribution in [0.3, 0.4) is 0 Å². The summed E-state index contributed by atoms with van der Waals surface area (Å²) in [6.45, 7) is 0. The monoisotopic (exact) mass is 348 g/mol. The molecule has 2 aliphatic carbocycles. The first-order chi connectivity index (χ1) is 10.4. The average molecular weight is 348 g/mol. The fourth-order valence-electron chi connectivity index (χ4n) is 4.25. The Balaban J connectivity index is 1.89. The van der Waals surface area contributed by atoms with Gasteiger partial charge in [0.05, 0.1) is 0 Å². The number of hydrogen-bond donors (Lipinski definition) is 0. The van der Waals surface area contributed by atoms with Crippen LogP contribution in [0.4, 0.5) is 0 Å². The van der Waals surface area contributed by atoms with Gasteiger partial charge in [0.2, 0.25) is 0 Å². The Kier molecular flexibility index (Phi) is 5.69. The molecule has 0 amide bonds. The average Bonchev–Trinajstić information content (AvgIpc) is 2.58.